The zero-order valence-corrected chi connectivity index (χ0v) is 15.6. The molecule has 0 saturated heterocycles. The van der Waals surface area contributed by atoms with Crippen LogP contribution in [0, 0.1) is 0 Å². The predicted molar refractivity (Wildman–Crippen MR) is 103 cm³/mol. The summed E-state index contributed by atoms with van der Waals surface area (Å²) in [7, 11) is 3.13. The van der Waals surface area contributed by atoms with Gasteiger partial charge in [-0.1, -0.05) is 17.7 Å². The van der Waals surface area contributed by atoms with Crippen LogP contribution in [0.5, 0.6) is 11.5 Å². The Morgan fingerprint density at radius 3 is 2.59 bits per heavy atom. The summed E-state index contributed by atoms with van der Waals surface area (Å²) in [4.78, 5) is 24.4. The van der Waals surface area contributed by atoms with Gasteiger partial charge in [-0.2, -0.15) is 0 Å². The molecule has 6 nitrogen and oxygen atoms in total. The summed E-state index contributed by atoms with van der Waals surface area (Å²) < 4.78 is 15.6. The van der Waals surface area contributed by atoms with Gasteiger partial charge in [-0.15, -0.1) is 0 Å². The third-order valence-electron chi connectivity index (χ3n) is 4.09. The molecule has 0 bridgehead atoms. The maximum atomic E-state index is 12.4. The second kappa shape index (κ2) is 8.14. The maximum Gasteiger partial charge on any atom is 0.349 e. The van der Waals surface area contributed by atoms with E-state index in [1.807, 2.05) is 12.1 Å². The Morgan fingerprint density at radius 2 is 1.85 bits per heavy atom. The number of methoxy groups -OCH3 is 2. The molecule has 2 aromatic carbocycles. The highest BCUT2D eigenvalue weighted by Gasteiger charge is 2.14. The smallest absolute Gasteiger partial charge is 0.349 e. The van der Waals surface area contributed by atoms with Crippen molar-refractivity contribution in [2.24, 2.45) is 0 Å². The SMILES string of the molecule is COc1ccc(CCNC(=O)c2cc3cc(Cl)ccc3oc2=O)cc1OC. The first kappa shape index (κ1) is 18.8. The van der Waals surface area contributed by atoms with Crippen LogP contribution in [0.15, 0.2) is 51.7 Å². The quantitative estimate of drug-likeness (QED) is 0.655. The Bertz CT molecular complexity index is 1040. The summed E-state index contributed by atoms with van der Waals surface area (Å²) in [5, 5.41) is 3.82. The predicted octanol–water partition coefficient (Wildman–Crippen LogP) is 3.44. The van der Waals surface area contributed by atoms with Crippen molar-refractivity contribution in [1.82, 2.24) is 5.32 Å². The van der Waals surface area contributed by atoms with E-state index in [2.05, 4.69) is 5.32 Å². The Hall–Kier alpha value is -2.99. The number of amides is 1. The molecule has 140 valence electrons. The van der Waals surface area contributed by atoms with Crippen LogP contribution in [0.25, 0.3) is 11.0 Å². The molecule has 0 aliphatic carbocycles. The first-order valence-corrected chi connectivity index (χ1v) is 8.62. The van der Waals surface area contributed by atoms with E-state index in [0.29, 0.717) is 40.5 Å². The summed E-state index contributed by atoms with van der Waals surface area (Å²) in [6.07, 6.45) is 0.566. The fraction of sp³-hybridized carbons (Fsp3) is 0.200. The van der Waals surface area contributed by atoms with Crippen molar-refractivity contribution in [3.63, 3.8) is 0 Å². The topological polar surface area (TPSA) is 77.8 Å². The summed E-state index contributed by atoms with van der Waals surface area (Å²) >= 11 is 5.95. The van der Waals surface area contributed by atoms with Crippen LogP contribution in [0.1, 0.15) is 15.9 Å². The van der Waals surface area contributed by atoms with Gasteiger partial charge in [-0.25, -0.2) is 4.79 Å². The number of ether oxygens (including phenoxy) is 2. The summed E-state index contributed by atoms with van der Waals surface area (Å²) in [5.74, 6) is 0.761. The van der Waals surface area contributed by atoms with Crippen LogP contribution in [0.3, 0.4) is 0 Å². The molecule has 1 aromatic heterocycles. The van der Waals surface area contributed by atoms with Crippen LogP contribution in [0.2, 0.25) is 5.02 Å². The van der Waals surface area contributed by atoms with E-state index in [1.54, 1.807) is 38.5 Å². The molecule has 0 radical (unpaired) electrons. The fourth-order valence-electron chi connectivity index (χ4n) is 2.70. The lowest BCUT2D eigenvalue weighted by Gasteiger charge is -2.10. The van der Waals surface area contributed by atoms with Crippen LogP contribution in [-0.2, 0) is 6.42 Å². The van der Waals surface area contributed by atoms with Crippen molar-refractivity contribution in [1.29, 1.82) is 0 Å². The molecule has 27 heavy (non-hydrogen) atoms. The number of carbonyl (C=O) groups is 1. The van der Waals surface area contributed by atoms with Gasteiger partial charge in [0, 0.05) is 17.0 Å². The Labute approximate surface area is 160 Å². The Kier molecular flexibility index (Phi) is 5.66. The van der Waals surface area contributed by atoms with Crippen molar-refractivity contribution in [3.8, 4) is 11.5 Å². The van der Waals surface area contributed by atoms with Crippen molar-refractivity contribution in [3.05, 3.63) is 69.0 Å². The average molecular weight is 388 g/mol. The maximum absolute atomic E-state index is 12.4. The highest BCUT2D eigenvalue weighted by Crippen LogP contribution is 2.27. The Morgan fingerprint density at radius 1 is 1.07 bits per heavy atom. The molecular formula is C20H18ClNO5. The van der Waals surface area contributed by atoms with Crippen molar-refractivity contribution in [2.45, 2.75) is 6.42 Å². The molecule has 0 saturated carbocycles. The van der Waals surface area contributed by atoms with Gasteiger partial charge in [0.2, 0.25) is 0 Å². The van der Waals surface area contributed by atoms with Crippen molar-refractivity contribution in [2.75, 3.05) is 20.8 Å². The van der Waals surface area contributed by atoms with Gasteiger partial charge in [0.1, 0.15) is 11.1 Å². The monoisotopic (exact) mass is 387 g/mol. The van der Waals surface area contributed by atoms with Gasteiger partial charge in [0.15, 0.2) is 11.5 Å². The summed E-state index contributed by atoms with van der Waals surface area (Å²) in [6, 6.07) is 11.9. The van der Waals surface area contributed by atoms with Gasteiger partial charge in [0.05, 0.1) is 14.2 Å². The lowest BCUT2D eigenvalue weighted by atomic mass is 10.1. The van der Waals surface area contributed by atoms with Crippen LogP contribution in [-0.4, -0.2) is 26.7 Å². The third kappa shape index (κ3) is 4.23. The zero-order chi connectivity index (χ0) is 19.4. The number of carbonyl (C=O) groups excluding carboxylic acids is 1. The highest BCUT2D eigenvalue weighted by molar-refractivity contribution is 6.31. The van der Waals surface area contributed by atoms with Crippen LogP contribution >= 0.6 is 11.6 Å². The summed E-state index contributed by atoms with van der Waals surface area (Å²) in [5.41, 5.74) is 0.599. The lowest BCUT2D eigenvalue weighted by Crippen LogP contribution is -2.29. The molecule has 1 heterocycles. The minimum absolute atomic E-state index is 0.0583. The number of fused-ring (bicyclic) bond motifs is 1. The first-order chi connectivity index (χ1) is 13.0. The van der Waals surface area contributed by atoms with Crippen LogP contribution in [0.4, 0.5) is 0 Å². The number of benzene rings is 2. The lowest BCUT2D eigenvalue weighted by molar-refractivity contribution is 0.0950. The molecule has 3 aromatic rings. The third-order valence-corrected chi connectivity index (χ3v) is 4.32. The van der Waals surface area contributed by atoms with E-state index in [9.17, 15) is 9.59 Å². The van der Waals surface area contributed by atoms with E-state index in [1.165, 1.54) is 6.07 Å². The van der Waals surface area contributed by atoms with E-state index in [4.69, 9.17) is 25.5 Å². The van der Waals surface area contributed by atoms with Gasteiger partial charge in [-0.3, -0.25) is 4.79 Å². The number of rotatable bonds is 6. The molecule has 3 rings (SSSR count). The molecule has 7 heteroatoms. The van der Waals surface area contributed by atoms with Gasteiger partial charge in [-0.05, 0) is 48.4 Å². The largest absolute Gasteiger partial charge is 0.493 e. The molecule has 0 atom stereocenters. The van der Waals surface area contributed by atoms with Gasteiger partial charge in [0.25, 0.3) is 5.91 Å². The van der Waals surface area contributed by atoms with Gasteiger partial charge < -0.3 is 19.2 Å². The first-order valence-electron chi connectivity index (χ1n) is 8.24. The Balaban J connectivity index is 1.70. The molecule has 1 N–H and O–H groups in total. The molecular weight excluding hydrogens is 370 g/mol. The van der Waals surface area contributed by atoms with E-state index in [0.717, 1.165) is 5.56 Å². The normalized spacial score (nSPS) is 10.6. The highest BCUT2D eigenvalue weighted by atomic mass is 35.5. The second-order valence-corrected chi connectivity index (χ2v) is 6.26. The van der Waals surface area contributed by atoms with Crippen molar-refractivity contribution >= 4 is 28.5 Å². The fourth-order valence-corrected chi connectivity index (χ4v) is 2.88. The summed E-state index contributed by atoms with van der Waals surface area (Å²) in [6.45, 7) is 0.349. The minimum Gasteiger partial charge on any atom is -0.493 e. The van der Waals surface area contributed by atoms with Crippen LogP contribution < -0.4 is 20.4 Å². The average Bonchev–Trinajstić information content (AvgIpc) is 2.67. The second-order valence-electron chi connectivity index (χ2n) is 5.82. The van der Waals surface area contributed by atoms with E-state index >= 15 is 0 Å². The molecule has 0 unspecified atom stereocenters. The van der Waals surface area contributed by atoms with E-state index < -0.39 is 11.5 Å². The van der Waals surface area contributed by atoms with Gasteiger partial charge >= 0.3 is 5.63 Å². The molecule has 1 amide bonds. The standard InChI is InChI=1S/C20H18ClNO5/c1-25-17-5-3-12(9-18(17)26-2)7-8-22-19(23)15-11-13-10-14(21)4-6-16(13)27-20(15)24/h3-6,9-11H,7-8H2,1-2H3,(H,22,23). The zero-order valence-electron chi connectivity index (χ0n) is 14.9. The molecule has 0 fully saturated rings. The minimum atomic E-state index is -0.687. The number of hydrogen-bond donors (Lipinski definition) is 1. The molecule has 0 aliphatic rings. The molecule has 0 spiro atoms. The van der Waals surface area contributed by atoms with E-state index in [-0.39, 0.29) is 5.56 Å². The number of nitrogens with one attached hydrogen (secondary N) is 1. The number of halogens is 1. The molecule has 0 aliphatic heterocycles. The van der Waals surface area contributed by atoms with Crippen molar-refractivity contribution < 1.29 is 18.7 Å². The number of hydrogen-bond acceptors (Lipinski definition) is 5.